The van der Waals surface area contributed by atoms with Gasteiger partial charge in [0.1, 0.15) is 46.0 Å². The van der Waals surface area contributed by atoms with Crippen LogP contribution in [0.3, 0.4) is 0 Å². The number of hydrogen-bond acceptors (Lipinski definition) is 18. The molecule has 19 rings (SSSR count). The number of anilines is 18. The number of carbonyl (C=O) groups is 1. The molecule has 16 aromatic carbocycles. The van der Waals surface area contributed by atoms with Crippen LogP contribution in [0, 0.1) is 6.57 Å². The number of benzene rings is 16. The van der Waals surface area contributed by atoms with Crippen molar-refractivity contribution in [3.8, 4) is 79.4 Å². The fourth-order valence-corrected chi connectivity index (χ4v) is 19.2. The van der Waals surface area contributed by atoms with Crippen LogP contribution in [0.4, 0.5) is 102 Å². The summed E-state index contributed by atoms with van der Waals surface area (Å²) in [6.07, 6.45) is 0. The Labute approximate surface area is 752 Å². The number of ether oxygens (including phenoxy) is 9. The minimum Gasteiger partial charge on any atom is -0.497 e. The van der Waals surface area contributed by atoms with Gasteiger partial charge in [0.2, 0.25) is 0 Å². The summed E-state index contributed by atoms with van der Waals surface area (Å²) >= 11 is 3.44. The van der Waals surface area contributed by atoms with E-state index in [1.54, 1.807) is 80.4 Å². The fraction of sp³-hybridized carbons (Fsp3) is 0.0826. The molecule has 0 N–H and O–H groups in total. The van der Waals surface area contributed by atoms with Gasteiger partial charge in [-0.2, -0.15) is 0 Å². The summed E-state index contributed by atoms with van der Waals surface area (Å²) < 4.78 is 50.6. The van der Waals surface area contributed by atoms with Gasteiger partial charge in [-0.15, -0.1) is 0 Å². The lowest BCUT2D eigenvalue weighted by Crippen LogP contribution is -2.17. The Balaban J connectivity index is 0.677. The third kappa shape index (κ3) is 15.6. The van der Waals surface area contributed by atoms with Crippen molar-refractivity contribution in [2.24, 2.45) is 0 Å². The van der Waals surface area contributed by atoms with Crippen LogP contribution in [0.15, 0.2) is 377 Å². The molecular weight excluding hydrogens is 1630 g/mol. The lowest BCUT2D eigenvalue weighted by atomic mass is 9.95. The van der Waals surface area contributed by atoms with E-state index >= 15 is 0 Å². The smallest absolute Gasteiger partial charge is 0.336 e. The van der Waals surface area contributed by atoms with E-state index in [1.807, 2.05) is 97.1 Å². The predicted molar refractivity (Wildman–Crippen MR) is 516 cm³/mol. The van der Waals surface area contributed by atoms with E-state index < -0.39 is 5.97 Å². The van der Waals surface area contributed by atoms with E-state index in [4.69, 9.17) is 49.2 Å². The highest BCUT2D eigenvalue weighted by molar-refractivity contribution is 8.00. The third-order valence-corrected chi connectivity index (χ3v) is 25.6. The van der Waals surface area contributed by atoms with Gasteiger partial charge < -0.3 is 72.0 Å². The van der Waals surface area contributed by atoms with Gasteiger partial charge in [0.05, 0.1) is 93.3 Å². The molecule has 0 amide bonds. The Kier molecular flexibility index (Phi) is 22.6. The lowest BCUT2D eigenvalue weighted by Gasteiger charge is -2.35. The largest absolute Gasteiger partial charge is 0.497 e. The van der Waals surface area contributed by atoms with Crippen LogP contribution < -0.4 is 67.3 Å². The molecule has 1 aliphatic carbocycles. The number of carbonyl (C=O) groups excluding carboxylic acids is 1. The zero-order valence-corrected chi connectivity index (χ0v) is 73.1. The van der Waals surface area contributed by atoms with E-state index in [1.165, 1.54) is 7.11 Å². The molecule has 0 radical (unpaired) electrons. The molecule has 0 saturated heterocycles. The summed E-state index contributed by atoms with van der Waals surface area (Å²) in [6, 6.07) is 121. The number of fused-ring (bicyclic) bond motifs is 7. The number of nitrogens with zero attached hydrogens (tertiary/aromatic N) is 7. The molecule has 0 saturated carbocycles. The first-order chi connectivity index (χ1) is 62.8. The highest BCUT2D eigenvalue weighted by atomic mass is 32.2. The second kappa shape index (κ2) is 35.4. The standard InChI is InChI=1S/C109H85N7O10S2/c1-110-108(109(117)126-10)107-97-63-71(69-11-17-81(18-12-69)115-99-59-37-83(111(73-21-41-87(118-2)42-22-73)74-23-43-88(119-3)44-24-74)65-103(99)127-104-66-84(38-60-100(104)115)112(75-25-45-89(120-4)46-26-75)76-27-47-90(121-5)48-28-76)15-57-95(97)96-58-16-72(64-98(96)107)70-13-19-82(20-14-70)116-101-61-39-85(113(77-29-49-91(122-6)50-30-77)78-31-51-92(123-7)52-32-78)67-105(101)128-106-68-86(40-62-102(106)116)114(79-33-53-93(124-8)54-34-79)80-35-55-94(125-9)56-36-80/h11-68H,2-10H3. The van der Waals surface area contributed by atoms with Crippen molar-refractivity contribution in [1.29, 1.82) is 0 Å². The second-order valence-corrected chi connectivity index (χ2v) is 32.5. The normalized spacial score (nSPS) is 11.9. The molecule has 128 heavy (non-hydrogen) atoms. The summed E-state index contributed by atoms with van der Waals surface area (Å²) in [5, 5.41) is 0. The minimum atomic E-state index is -0.719. The monoisotopic (exact) mass is 1720 g/mol. The van der Waals surface area contributed by atoms with E-state index in [0.717, 1.165) is 212 Å². The Hall–Kier alpha value is -15.9. The maximum atomic E-state index is 14.1. The summed E-state index contributed by atoms with van der Waals surface area (Å²) in [6.45, 7) is 8.69. The van der Waals surface area contributed by atoms with Crippen molar-refractivity contribution in [3.05, 3.63) is 380 Å². The Morgan fingerprint density at radius 2 is 0.461 bits per heavy atom. The summed E-state index contributed by atoms with van der Waals surface area (Å²) in [7, 11) is 14.7. The van der Waals surface area contributed by atoms with Gasteiger partial charge in [-0.3, -0.25) is 4.79 Å². The second-order valence-electron chi connectivity index (χ2n) is 30.4. The van der Waals surface area contributed by atoms with Gasteiger partial charge in [0, 0.05) is 105 Å². The molecule has 0 spiro atoms. The van der Waals surface area contributed by atoms with Gasteiger partial charge in [0.25, 0.3) is 5.70 Å². The topological polar surface area (TPSA) is 124 Å². The van der Waals surface area contributed by atoms with Gasteiger partial charge in [-0.25, -0.2) is 4.85 Å². The molecule has 2 aliphatic heterocycles. The molecule has 3 aliphatic rings. The zero-order valence-electron chi connectivity index (χ0n) is 71.5. The molecule has 0 unspecified atom stereocenters. The first kappa shape index (κ1) is 81.8. The third-order valence-electron chi connectivity index (χ3n) is 23.4. The van der Waals surface area contributed by atoms with E-state index in [-0.39, 0.29) is 5.70 Å². The van der Waals surface area contributed by atoms with Gasteiger partial charge in [-0.05, 0) is 348 Å². The number of rotatable bonds is 25. The van der Waals surface area contributed by atoms with Crippen LogP contribution in [0.25, 0.3) is 43.8 Å². The first-order valence-electron chi connectivity index (χ1n) is 41.4. The van der Waals surface area contributed by atoms with E-state index in [0.29, 0.717) is 5.57 Å². The van der Waals surface area contributed by atoms with Crippen LogP contribution in [-0.4, -0.2) is 70.0 Å². The average Bonchev–Trinajstić information content (AvgIpc) is 1.55. The number of methoxy groups -OCH3 is 9. The molecule has 17 nitrogen and oxygen atoms in total. The molecule has 0 fully saturated rings. The summed E-state index contributed by atoms with van der Waals surface area (Å²) in [5.74, 6) is 5.32. The molecule has 19 heteroatoms. The van der Waals surface area contributed by atoms with Gasteiger partial charge in [-0.1, -0.05) is 72.1 Å². The van der Waals surface area contributed by atoms with Crippen molar-refractivity contribution in [2.45, 2.75) is 19.6 Å². The maximum absolute atomic E-state index is 14.1. The number of esters is 1. The molecule has 0 aromatic heterocycles. The van der Waals surface area contributed by atoms with Gasteiger partial charge >= 0.3 is 5.97 Å². The molecule has 2 heterocycles. The Morgan fingerprint density at radius 3 is 0.664 bits per heavy atom. The van der Waals surface area contributed by atoms with Crippen molar-refractivity contribution in [2.75, 3.05) is 93.4 Å². The average molecular weight is 1720 g/mol. The molecule has 16 aromatic rings. The van der Waals surface area contributed by atoms with Crippen LogP contribution in [0.1, 0.15) is 11.1 Å². The van der Waals surface area contributed by atoms with E-state index in [2.05, 4.69) is 289 Å². The fourth-order valence-electron chi connectivity index (χ4n) is 17.0. The van der Waals surface area contributed by atoms with Crippen LogP contribution in [0.2, 0.25) is 0 Å². The highest BCUT2D eigenvalue weighted by Crippen LogP contribution is 2.59. The first-order valence-corrected chi connectivity index (χ1v) is 43.0. The van der Waals surface area contributed by atoms with Crippen LogP contribution >= 0.6 is 23.5 Å². The molecular formula is C109H85N7O10S2. The molecule has 0 bridgehead atoms. The van der Waals surface area contributed by atoms with Crippen molar-refractivity contribution in [3.63, 3.8) is 0 Å². The van der Waals surface area contributed by atoms with Crippen LogP contribution in [-0.2, 0) is 9.53 Å². The summed E-state index contributed by atoms with van der Waals surface area (Å²) in [4.78, 5) is 35.9. The van der Waals surface area contributed by atoms with Gasteiger partial charge in [0.15, 0.2) is 0 Å². The van der Waals surface area contributed by atoms with Crippen molar-refractivity contribution in [1.82, 2.24) is 0 Å². The van der Waals surface area contributed by atoms with Crippen molar-refractivity contribution < 1.29 is 47.4 Å². The molecule has 628 valence electrons. The van der Waals surface area contributed by atoms with Crippen molar-refractivity contribution >= 4 is 137 Å². The molecule has 0 atom stereocenters. The maximum Gasteiger partial charge on any atom is 0.336 e. The number of hydrogen-bond donors (Lipinski definition) is 0. The Morgan fingerprint density at radius 1 is 0.250 bits per heavy atom. The van der Waals surface area contributed by atoms with E-state index in [9.17, 15) is 4.79 Å². The Bertz CT molecular complexity index is 6040. The highest BCUT2D eigenvalue weighted by Gasteiger charge is 2.34. The van der Waals surface area contributed by atoms with Crippen LogP contribution in [0.5, 0.6) is 46.0 Å². The lowest BCUT2D eigenvalue weighted by molar-refractivity contribution is -0.135. The quantitative estimate of drug-likeness (QED) is 0.0306. The zero-order chi connectivity index (χ0) is 87.6. The predicted octanol–water partition coefficient (Wildman–Crippen LogP) is 28.7. The summed E-state index contributed by atoms with van der Waals surface area (Å²) in [5.41, 5.74) is 24.6. The SMILES string of the molecule is [C-]#[N+]C(C(=O)OC)=C1c2cc(-c3ccc(N4c5ccc(N(c6ccc(OC)cc6)c6ccc(OC)cc6)cc5Sc5cc(N(c6ccc(OC)cc6)c6ccc(OC)cc6)ccc54)cc3)ccc2-c2ccc(-c3ccc(N4c5ccc(N(c6ccc(OC)cc6)c6ccc(OC)cc6)cc5Sc5cc(N(c6ccc(OC)cc6)c6ccc(OC)cc6)ccc54)cc3)cc21. The minimum absolute atomic E-state index is 0.106.